The van der Waals surface area contributed by atoms with Crippen LogP contribution in [0.5, 0.6) is 5.75 Å². The molecule has 2 aromatic heterocycles. The van der Waals surface area contributed by atoms with Gasteiger partial charge >= 0.3 is 0 Å². The Labute approximate surface area is 220 Å². The molecule has 0 radical (unpaired) electrons. The highest BCUT2D eigenvalue weighted by Crippen LogP contribution is 2.33. The molecule has 10 heteroatoms. The minimum Gasteiger partial charge on any atom is -0.494 e. The fraction of sp³-hybridized carbons (Fsp3) is 0.111. The highest BCUT2D eigenvalue weighted by Gasteiger charge is 2.13. The number of amides is 1. The van der Waals surface area contributed by atoms with E-state index in [0.29, 0.717) is 40.0 Å². The van der Waals surface area contributed by atoms with Gasteiger partial charge in [0.15, 0.2) is 0 Å². The van der Waals surface area contributed by atoms with Crippen LogP contribution in [0.3, 0.4) is 0 Å². The molecule has 0 aliphatic carbocycles. The summed E-state index contributed by atoms with van der Waals surface area (Å²) >= 11 is 3.26. The molecule has 0 saturated carbocycles. The van der Waals surface area contributed by atoms with Crippen molar-refractivity contribution in [1.82, 2.24) is 19.7 Å². The number of rotatable bonds is 8. The van der Waals surface area contributed by atoms with Crippen molar-refractivity contribution in [3.63, 3.8) is 0 Å². The van der Waals surface area contributed by atoms with Crippen LogP contribution in [0, 0.1) is 5.82 Å². The van der Waals surface area contributed by atoms with E-state index >= 15 is 0 Å². The number of anilines is 3. The standard InChI is InChI=1S/C27H22BrFN6O2/c1-37-25-13-22-21(12-23(25)34-26(36)6-3-9-28)27(31-16-30-22)33-20-7-8-24-18(11-20)14-32-35(24)15-17-4-2-5-19(29)10-17/h2-8,10-14,16H,9,15H2,1H3,(H,34,36)(H,30,31,33). The predicted molar refractivity (Wildman–Crippen MR) is 146 cm³/mol. The first-order valence-electron chi connectivity index (χ1n) is 11.4. The Morgan fingerprint density at radius 1 is 1.16 bits per heavy atom. The number of nitrogens with one attached hydrogen (secondary N) is 2. The molecule has 0 fully saturated rings. The maximum absolute atomic E-state index is 13.6. The van der Waals surface area contributed by atoms with Crippen molar-refractivity contribution in [3.8, 4) is 5.75 Å². The normalized spacial score (nSPS) is 11.3. The van der Waals surface area contributed by atoms with Gasteiger partial charge < -0.3 is 15.4 Å². The minimum absolute atomic E-state index is 0.270. The smallest absolute Gasteiger partial charge is 0.248 e. The molecule has 2 heterocycles. The van der Waals surface area contributed by atoms with Gasteiger partial charge in [0, 0.05) is 33.9 Å². The number of halogens is 2. The lowest BCUT2D eigenvalue weighted by Gasteiger charge is -2.13. The zero-order valence-corrected chi connectivity index (χ0v) is 21.4. The van der Waals surface area contributed by atoms with Gasteiger partial charge in [0.2, 0.25) is 5.91 Å². The van der Waals surface area contributed by atoms with Crippen LogP contribution in [0.2, 0.25) is 0 Å². The fourth-order valence-corrected chi connectivity index (χ4v) is 4.20. The number of aromatic nitrogens is 4. The topological polar surface area (TPSA) is 94.0 Å². The van der Waals surface area contributed by atoms with E-state index in [2.05, 4.69) is 41.6 Å². The van der Waals surface area contributed by atoms with Crippen LogP contribution in [0.1, 0.15) is 5.56 Å². The first kappa shape index (κ1) is 24.4. The second kappa shape index (κ2) is 10.8. The molecule has 0 spiro atoms. The van der Waals surface area contributed by atoms with E-state index in [1.54, 1.807) is 30.5 Å². The van der Waals surface area contributed by atoms with Crippen LogP contribution in [0.25, 0.3) is 21.8 Å². The van der Waals surface area contributed by atoms with E-state index in [0.717, 1.165) is 22.2 Å². The second-order valence-corrected chi connectivity index (χ2v) is 8.82. The molecular weight excluding hydrogens is 539 g/mol. The van der Waals surface area contributed by atoms with E-state index in [4.69, 9.17) is 4.74 Å². The summed E-state index contributed by atoms with van der Waals surface area (Å²) < 4.78 is 20.9. The van der Waals surface area contributed by atoms with Crippen LogP contribution in [-0.2, 0) is 11.3 Å². The van der Waals surface area contributed by atoms with Crippen molar-refractivity contribution in [2.75, 3.05) is 23.1 Å². The number of nitrogens with zero attached hydrogens (tertiary/aromatic N) is 4. The van der Waals surface area contributed by atoms with Gasteiger partial charge in [0.1, 0.15) is 23.7 Å². The molecule has 0 unspecified atom stereocenters. The highest BCUT2D eigenvalue weighted by molar-refractivity contribution is 9.09. The number of benzene rings is 3. The Kier molecular flexibility index (Phi) is 7.09. The number of alkyl halides is 1. The monoisotopic (exact) mass is 560 g/mol. The average molecular weight is 561 g/mol. The molecule has 37 heavy (non-hydrogen) atoms. The Balaban J connectivity index is 1.44. The molecule has 1 amide bonds. The summed E-state index contributed by atoms with van der Waals surface area (Å²) in [6, 6.07) is 15.9. The maximum Gasteiger partial charge on any atom is 0.248 e. The largest absolute Gasteiger partial charge is 0.494 e. The number of allylic oxidation sites excluding steroid dienone is 1. The minimum atomic E-state index is -0.274. The predicted octanol–water partition coefficient (Wildman–Crippen LogP) is 5.81. The van der Waals surface area contributed by atoms with Gasteiger partial charge in [-0.15, -0.1) is 0 Å². The molecule has 3 aromatic carbocycles. The van der Waals surface area contributed by atoms with Crippen LogP contribution >= 0.6 is 15.9 Å². The van der Waals surface area contributed by atoms with Gasteiger partial charge in [-0.3, -0.25) is 9.48 Å². The third-order valence-corrected chi connectivity index (χ3v) is 6.07. The zero-order chi connectivity index (χ0) is 25.8. The van der Waals surface area contributed by atoms with E-state index < -0.39 is 0 Å². The van der Waals surface area contributed by atoms with E-state index in [1.807, 2.05) is 28.9 Å². The number of carbonyl (C=O) groups excluding carboxylic acids is 1. The summed E-state index contributed by atoms with van der Waals surface area (Å²) in [4.78, 5) is 21.0. The molecule has 2 N–H and O–H groups in total. The van der Waals surface area contributed by atoms with E-state index in [-0.39, 0.29) is 11.7 Å². The lowest BCUT2D eigenvalue weighted by atomic mass is 10.1. The van der Waals surface area contributed by atoms with Gasteiger partial charge in [-0.1, -0.05) is 34.1 Å². The van der Waals surface area contributed by atoms with Crippen LogP contribution < -0.4 is 15.4 Å². The fourth-order valence-electron chi connectivity index (χ4n) is 4.01. The molecule has 5 aromatic rings. The molecule has 186 valence electrons. The second-order valence-electron chi connectivity index (χ2n) is 8.17. The number of carbonyl (C=O) groups is 1. The number of fused-ring (bicyclic) bond motifs is 2. The molecule has 5 rings (SSSR count). The van der Waals surface area contributed by atoms with Gasteiger partial charge in [-0.25, -0.2) is 14.4 Å². The van der Waals surface area contributed by atoms with Crippen LogP contribution in [0.15, 0.2) is 79.3 Å². The Morgan fingerprint density at radius 2 is 2.05 bits per heavy atom. The molecule has 0 bridgehead atoms. The molecule has 0 aliphatic rings. The van der Waals surface area contributed by atoms with Crippen molar-refractivity contribution in [3.05, 3.63) is 90.7 Å². The Bertz CT molecular complexity index is 1630. The lowest BCUT2D eigenvalue weighted by molar-refractivity contribution is -0.111. The van der Waals surface area contributed by atoms with Crippen LogP contribution in [0.4, 0.5) is 21.6 Å². The highest BCUT2D eigenvalue weighted by atomic mass is 79.9. The third-order valence-electron chi connectivity index (χ3n) is 5.70. The Hall–Kier alpha value is -4.31. The first-order valence-corrected chi connectivity index (χ1v) is 12.5. The summed E-state index contributed by atoms with van der Waals surface area (Å²) in [6.07, 6.45) is 6.39. The van der Waals surface area contributed by atoms with Crippen molar-refractivity contribution in [1.29, 1.82) is 0 Å². The van der Waals surface area contributed by atoms with Crippen molar-refractivity contribution in [2.45, 2.75) is 6.54 Å². The number of methoxy groups -OCH3 is 1. The van der Waals surface area contributed by atoms with Gasteiger partial charge in [-0.05, 0) is 42.0 Å². The number of ether oxygens (including phenoxy) is 1. The zero-order valence-electron chi connectivity index (χ0n) is 19.8. The van der Waals surface area contributed by atoms with E-state index in [9.17, 15) is 9.18 Å². The first-order chi connectivity index (χ1) is 18.0. The summed E-state index contributed by atoms with van der Waals surface area (Å²) in [5, 5.41) is 12.9. The maximum atomic E-state index is 13.6. The van der Waals surface area contributed by atoms with Gasteiger partial charge in [0.05, 0.1) is 36.6 Å². The summed E-state index contributed by atoms with van der Waals surface area (Å²) in [5.74, 6) is 0.521. The van der Waals surface area contributed by atoms with Gasteiger partial charge in [0.25, 0.3) is 0 Å². The van der Waals surface area contributed by atoms with Crippen molar-refractivity contribution < 1.29 is 13.9 Å². The molecule has 8 nitrogen and oxygen atoms in total. The number of hydrogen-bond donors (Lipinski definition) is 2. The molecular formula is C27H22BrFN6O2. The average Bonchev–Trinajstić information content (AvgIpc) is 3.29. The quantitative estimate of drug-likeness (QED) is 0.184. The lowest BCUT2D eigenvalue weighted by Crippen LogP contribution is -2.09. The molecule has 0 aliphatic heterocycles. The van der Waals surface area contributed by atoms with Gasteiger partial charge in [-0.2, -0.15) is 5.10 Å². The SMILES string of the molecule is COc1cc2ncnc(Nc3ccc4c(cnn4Cc4cccc(F)c4)c3)c2cc1NC(=O)C=CCBr. The van der Waals surface area contributed by atoms with Crippen molar-refractivity contribution in [2.24, 2.45) is 0 Å². The van der Waals surface area contributed by atoms with Crippen molar-refractivity contribution >= 4 is 60.8 Å². The summed E-state index contributed by atoms with van der Waals surface area (Å²) in [6.45, 7) is 0.464. The molecule has 0 saturated heterocycles. The van der Waals surface area contributed by atoms with Crippen LogP contribution in [-0.4, -0.2) is 38.1 Å². The summed E-state index contributed by atoms with van der Waals surface area (Å²) in [5.41, 5.74) is 3.73. The van der Waals surface area contributed by atoms with E-state index in [1.165, 1.54) is 31.6 Å². The molecule has 0 atom stereocenters. The summed E-state index contributed by atoms with van der Waals surface area (Å²) in [7, 11) is 1.54. The Morgan fingerprint density at radius 3 is 2.86 bits per heavy atom. The third kappa shape index (κ3) is 5.44. The number of hydrogen-bond acceptors (Lipinski definition) is 6.